The molecule has 0 spiro atoms. The van der Waals surface area contributed by atoms with Crippen LogP contribution in [0, 0.1) is 11.3 Å². The van der Waals surface area contributed by atoms with Crippen molar-refractivity contribution in [3.05, 3.63) is 18.1 Å². The maximum atomic E-state index is 9.12. The molecular weight excluding hydrogens is 224 g/mol. The maximum absolute atomic E-state index is 9.12. The number of aliphatic hydroxyl groups is 1. The van der Waals surface area contributed by atoms with E-state index in [-0.39, 0.29) is 17.9 Å². The van der Waals surface area contributed by atoms with E-state index in [1.54, 1.807) is 11.8 Å². The van der Waals surface area contributed by atoms with Gasteiger partial charge < -0.3 is 10.4 Å². The molecule has 0 amide bonds. The van der Waals surface area contributed by atoms with Gasteiger partial charge in [0.15, 0.2) is 5.69 Å². The Kier molecular flexibility index (Phi) is 5.02. The van der Waals surface area contributed by atoms with E-state index >= 15 is 0 Å². The largest absolute Gasteiger partial charge is 0.395 e. The van der Waals surface area contributed by atoms with Crippen molar-refractivity contribution in [3.8, 4) is 6.07 Å². The summed E-state index contributed by atoms with van der Waals surface area (Å²) in [6.45, 7) is 2.08. The van der Waals surface area contributed by atoms with Crippen LogP contribution in [0.3, 0.4) is 0 Å². The molecule has 0 aliphatic heterocycles. The molecule has 0 aromatic carbocycles. The lowest BCUT2D eigenvalue weighted by atomic mass is 10.2. The Morgan fingerprint density at radius 1 is 1.56 bits per heavy atom. The summed E-state index contributed by atoms with van der Waals surface area (Å²) in [5.74, 6) is 0.610. The highest BCUT2D eigenvalue weighted by molar-refractivity contribution is 7.99. The van der Waals surface area contributed by atoms with Crippen molar-refractivity contribution in [2.24, 2.45) is 0 Å². The molecule has 0 bridgehead atoms. The standard InChI is InChI=1S/C10H14N4OS/c1-7(9(6-15)16-2)14-10-5-12-8(3-11)4-13-10/h4-5,7,9,15H,6H2,1-2H3,(H,13,14). The van der Waals surface area contributed by atoms with Crippen LogP contribution < -0.4 is 5.32 Å². The van der Waals surface area contributed by atoms with Gasteiger partial charge in [-0.1, -0.05) is 0 Å². The van der Waals surface area contributed by atoms with E-state index in [9.17, 15) is 0 Å². The summed E-state index contributed by atoms with van der Waals surface area (Å²) >= 11 is 1.59. The summed E-state index contributed by atoms with van der Waals surface area (Å²) in [7, 11) is 0. The second-order valence-electron chi connectivity index (χ2n) is 3.29. The lowest BCUT2D eigenvalue weighted by Gasteiger charge is -2.21. The first-order chi connectivity index (χ1) is 7.71. The number of nitrogens with one attached hydrogen (secondary N) is 1. The summed E-state index contributed by atoms with van der Waals surface area (Å²) in [4.78, 5) is 7.96. The van der Waals surface area contributed by atoms with Gasteiger partial charge in [0.25, 0.3) is 0 Å². The molecule has 0 saturated carbocycles. The maximum Gasteiger partial charge on any atom is 0.158 e. The number of aromatic nitrogens is 2. The van der Waals surface area contributed by atoms with E-state index in [1.807, 2.05) is 19.2 Å². The Morgan fingerprint density at radius 2 is 2.31 bits per heavy atom. The van der Waals surface area contributed by atoms with Crippen LogP contribution in [0.2, 0.25) is 0 Å². The van der Waals surface area contributed by atoms with Crippen molar-refractivity contribution in [2.45, 2.75) is 18.2 Å². The molecule has 0 aliphatic rings. The number of aliphatic hydroxyl groups excluding tert-OH is 1. The highest BCUT2D eigenvalue weighted by Crippen LogP contribution is 2.14. The van der Waals surface area contributed by atoms with E-state index in [0.29, 0.717) is 11.5 Å². The van der Waals surface area contributed by atoms with Crippen LogP contribution in [-0.4, -0.2) is 39.2 Å². The van der Waals surface area contributed by atoms with E-state index < -0.39 is 0 Å². The number of thioether (sulfide) groups is 1. The molecule has 1 aromatic heterocycles. The third-order valence-electron chi connectivity index (χ3n) is 2.18. The zero-order valence-corrected chi connectivity index (χ0v) is 10.0. The molecule has 0 radical (unpaired) electrons. The fourth-order valence-corrected chi connectivity index (χ4v) is 1.85. The van der Waals surface area contributed by atoms with E-state index in [0.717, 1.165) is 0 Å². The monoisotopic (exact) mass is 238 g/mol. The molecule has 5 nitrogen and oxygen atoms in total. The molecule has 6 heteroatoms. The minimum atomic E-state index is 0.0854. The third kappa shape index (κ3) is 3.36. The number of anilines is 1. The highest BCUT2D eigenvalue weighted by Gasteiger charge is 2.15. The molecule has 0 saturated heterocycles. The van der Waals surface area contributed by atoms with Gasteiger partial charge in [0, 0.05) is 11.3 Å². The normalized spacial score (nSPS) is 13.9. The first-order valence-corrected chi connectivity index (χ1v) is 6.12. The Morgan fingerprint density at radius 3 is 2.75 bits per heavy atom. The van der Waals surface area contributed by atoms with Crippen molar-refractivity contribution in [1.82, 2.24) is 9.97 Å². The molecule has 2 atom stereocenters. The summed E-state index contributed by atoms with van der Waals surface area (Å²) < 4.78 is 0. The van der Waals surface area contributed by atoms with Gasteiger partial charge in [-0.25, -0.2) is 9.97 Å². The average Bonchev–Trinajstić information content (AvgIpc) is 2.31. The van der Waals surface area contributed by atoms with Crippen LogP contribution in [0.25, 0.3) is 0 Å². The van der Waals surface area contributed by atoms with Crippen LogP contribution in [0.4, 0.5) is 5.82 Å². The molecule has 1 aromatic rings. The predicted molar refractivity (Wildman–Crippen MR) is 64.2 cm³/mol. The summed E-state index contributed by atoms with van der Waals surface area (Å²) in [5, 5.41) is 20.9. The molecule has 2 unspecified atom stereocenters. The second-order valence-corrected chi connectivity index (χ2v) is 4.37. The minimum absolute atomic E-state index is 0.0854. The van der Waals surface area contributed by atoms with Crippen molar-refractivity contribution in [1.29, 1.82) is 5.26 Å². The van der Waals surface area contributed by atoms with Crippen LogP contribution in [-0.2, 0) is 0 Å². The molecule has 16 heavy (non-hydrogen) atoms. The number of hydrogen-bond acceptors (Lipinski definition) is 6. The summed E-state index contributed by atoms with van der Waals surface area (Å²) in [6, 6.07) is 1.99. The molecule has 1 heterocycles. The topological polar surface area (TPSA) is 81.8 Å². The number of hydrogen-bond donors (Lipinski definition) is 2. The molecule has 0 fully saturated rings. The molecule has 86 valence electrons. The lowest BCUT2D eigenvalue weighted by molar-refractivity contribution is 0.288. The van der Waals surface area contributed by atoms with Gasteiger partial charge in [-0.3, -0.25) is 0 Å². The molecule has 2 N–H and O–H groups in total. The summed E-state index contributed by atoms with van der Waals surface area (Å²) in [6.07, 6.45) is 4.88. The predicted octanol–water partition coefficient (Wildman–Crippen LogP) is 0.873. The van der Waals surface area contributed by atoms with Crippen molar-refractivity contribution in [2.75, 3.05) is 18.2 Å². The van der Waals surface area contributed by atoms with Crippen molar-refractivity contribution < 1.29 is 5.11 Å². The minimum Gasteiger partial charge on any atom is -0.395 e. The fourth-order valence-electron chi connectivity index (χ4n) is 1.22. The van der Waals surface area contributed by atoms with E-state index in [2.05, 4.69) is 15.3 Å². The molecule has 0 aliphatic carbocycles. The summed E-state index contributed by atoms with van der Waals surface area (Å²) in [5.41, 5.74) is 0.293. The van der Waals surface area contributed by atoms with Gasteiger partial charge in [0.2, 0.25) is 0 Å². The van der Waals surface area contributed by atoms with Crippen LogP contribution >= 0.6 is 11.8 Å². The first-order valence-electron chi connectivity index (χ1n) is 4.83. The van der Waals surface area contributed by atoms with Crippen molar-refractivity contribution >= 4 is 17.6 Å². The zero-order chi connectivity index (χ0) is 12.0. The van der Waals surface area contributed by atoms with Crippen LogP contribution in [0.5, 0.6) is 0 Å². The van der Waals surface area contributed by atoms with E-state index in [1.165, 1.54) is 12.4 Å². The van der Waals surface area contributed by atoms with Gasteiger partial charge >= 0.3 is 0 Å². The Bertz CT molecular complexity index is 358. The molecular formula is C10H14N4OS. The smallest absolute Gasteiger partial charge is 0.158 e. The van der Waals surface area contributed by atoms with E-state index in [4.69, 9.17) is 10.4 Å². The molecule has 1 rings (SSSR count). The van der Waals surface area contributed by atoms with Crippen molar-refractivity contribution in [3.63, 3.8) is 0 Å². The number of nitrogens with zero attached hydrogens (tertiary/aromatic N) is 3. The first kappa shape index (κ1) is 12.7. The van der Waals surface area contributed by atoms with Gasteiger partial charge in [-0.15, -0.1) is 0 Å². The quantitative estimate of drug-likeness (QED) is 0.792. The highest BCUT2D eigenvalue weighted by atomic mass is 32.2. The third-order valence-corrected chi connectivity index (χ3v) is 3.35. The van der Waals surface area contributed by atoms with Gasteiger partial charge in [-0.2, -0.15) is 17.0 Å². The Balaban J connectivity index is 2.62. The second kappa shape index (κ2) is 6.30. The van der Waals surface area contributed by atoms with Crippen LogP contribution in [0.1, 0.15) is 12.6 Å². The average molecular weight is 238 g/mol. The zero-order valence-electron chi connectivity index (χ0n) is 9.21. The fraction of sp³-hybridized carbons (Fsp3) is 0.500. The van der Waals surface area contributed by atoms with Gasteiger partial charge in [0.1, 0.15) is 11.9 Å². The Labute approximate surface area is 98.9 Å². The van der Waals surface area contributed by atoms with Crippen LogP contribution in [0.15, 0.2) is 12.4 Å². The Hall–Kier alpha value is -1.32. The number of nitriles is 1. The van der Waals surface area contributed by atoms with Gasteiger partial charge in [-0.05, 0) is 13.2 Å². The lowest BCUT2D eigenvalue weighted by Crippen LogP contribution is -2.31. The number of rotatable bonds is 5. The SMILES string of the molecule is CSC(CO)C(C)Nc1cnc(C#N)cn1. The van der Waals surface area contributed by atoms with Gasteiger partial charge in [0.05, 0.1) is 19.0 Å².